The first-order valence-electron chi connectivity index (χ1n) is 7.68. The summed E-state index contributed by atoms with van der Waals surface area (Å²) in [5.74, 6) is 0.304. The van der Waals surface area contributed by atoms with E-state index in [0.717, 1.165) is 12.8 Å². The number of thioether (sulfide) groups is 1. The number of carbonyl (C=O) groups excluding carboxylic acids is 1. The van der Waals surface area contributed by atoms with E-state index in [0.29, 0.717) is 11.0 Å². The second-order valence-electron chi connectivity index (χ2n) is 5.50. The van der Waals surface area contributed by atoms with Crippen molar-refractivity contribution < 1.29 is 9.53 Å². The Balaban J connectivity index is 2.39. The van der Waals surface area contributed by atoms with Crippen LogP contribution in [-0.2, 0) is 9.53 Å². The van der Waals surface area contributed by atoms with E-state index in [4.69, 9.17) is 10.5 Å². The molecule has 0 bridgehead atoms. The van der Waals surface area contributed by atoms with E-state index in [-0.39, 0.29) is 12.0 Å². The topological polar surface area (TPSA) is 52.3 Å². The Kier molecular flexibility index (Phi) is 9.35. The van der Waals surface area contributed by atoms with E-state index in [2.05, 4.69) is 0 Å². The van der Waals surface area contributed by atoms with E-state index < -0.39 is 0 Å². The maximum atomic E-state index is 11.3. The monoisotopic (exact) mass is 287 g/mol. The van der Waals surface area contributed by atoms with Crippen LogP contribution in [0.2, 0.25) is 0 Å². The lowest BCUT2D eigenvalue weighted by Crippen LogP contribution is -2.33. The van der Waals surface area contributed by atoms with Crippen LogP contribution in [-0.4, -0.2) is 30.1 Å². The highest BCUT2D eigenvalue weighted by Crippen LogP contribution is 2.25. The van der Waals surface area contributed by atoms with Gasteiger partial charge >= 0.3 is 5.97 Å². The van der Waals surface area contributed by atoms with Crippen molar-refractivity contribution in [3.05, 3.63) is 0 Å². The van der Waals surface area contributed by atoms with Gasteiger partial charge in [-0.15, -0.1) is 11.8 Å². The minimum atomic E-state index is -0.136. The maximum Gasteiger partial charge on any atom is 0.315 e. The summed E-state index contributed by atoms with van der Waals surface area (Å²) in [6.07, 6.45) is 12.8. The fraction of sp³-hybridized carbons (Fsp3) is 0.933. The molecule has 2 unspecified atom stereocenters. The molecule has 19 heavy (non-hydrogen) atoms. The second-order valence-corrected chi connectivity index (χ2v) is 6.72. The molecule has 0 saturated heterocycles. The highest BCUT2D eigenvalue weighted by atomic mass is 32.2. The molecule has 1 aliphatic rings. The van der Waals surface area contributed by atoms with Crippen LogP contribution in [0.3, 0.4) is 0 Å². The summed E-state index contributed by atoms with van der Waals surface area (Å²) in [7, 11) is 1.45. The zero-order valence-electron chi connectivity index (χ0n) is 12.2. The number of nitrogens with two attached hydrogens (primary N) is 1. The quantitative estimate of drug-likeness (QED) is 0.807. The van der Waals surface area contributed by atoms with Crippen LogP contribution < -0.4 is 5.73 Å². The number of esters is 1. The zero-order valence-corrected chi connectivity index (χ0v) is 13.1. The van der Waals surface area contributed by atoms with Crippen LogP contribution in [0.1, 0.15) is 64.2 Å². The molecule has 1 aliphatic carbocycles. The molecule has 0 spiro atoms. The standard InChI is InChI=1S/C15H29NO2S/c1-18-15(17)12-19-14-11-9-7-5-3-2-4-6-8-10-13(14)16/h13-14H,2-12,16H2,1H3. The van der Waals surface area contributed by atoms with Crippen molar-refractivity contribution in [1.82, 2.24) is 0 Å². The summed E-state index contributed by atoms with van der Waals surface area (Å²) in [6, 6.07) is 0.231. The number of hydrogen-bond donors (Lipinski definition) is 1. The van der Waals surface area contributed by atoms with E-state index >= 15 is 0 Å². The molecule has 3 nitrogen and oxygen atoms in total. The van der Waals surface area contributed by atoms with E-state index in [9.17, 15) is 4.79 Å². The van der Waals surface area contributed by atoms with Crippen LogP contribution >= 0.6 is 11.8 Å². The summed E-state index contributed by atoms with van der Waals surface area (Å²) >= 11 is 1.69. The van der Waals surface area contributed by atoms with Crippen molar-refractivity contribution in [2.75, 3.05) is 12.9 Å². The summed E-state index contributed by atoms with van der Waals surface area (Å²) in [4.78, 5) is 11.3. The third-order valence-corrected chi connectivity index (χ3v) is 5.31. The van der Waals surface area contributed by atoms with Gasteiger partial charge in [0.25, 0.3) is 0 Å². The molecule has 0 aromatic heterocycles. The minimum absolute atomic E-state index is 0.136. The van der Waals surface area contributed by atoms with Crippen LogP contribution in [0.25, 0.3) is 0 Å². The average molecular weight is 287 g/mol. The Bertz CT molecular complexity index is 248. The van der Waals surface area contributed by atoms with Crippen LogP contribution in [0.5, 0.6) is 0 Å². The van der Waals surface area contributed by atoms with Gasteiger partial charge in [0.2, 0.25) is 0 Å². The molecular weight excluding hydrogens is 258 g/mol. The SMILES string of the molecule is COC(=O)CSC1CCCCCCCCCCC1N. The predicted molar refractivity (Wildman–Crippen MR) is 82.4 cm³/mol. The first kappa shape index (κ1) is 16.8. The van der Waals surface area contributed by atoms with Gasteiger partial charge in [0.1, 0.15) is 0 Å². The number of hydrogen-bond acceptors (Lipinski definition) is 4. The smallest absolute Gasteiger partial charge is 0.315 e. The molecule has 0 aliphatic heterocycles. The van der Waals surface area contributed by atoms with Gasteiger partial charge in [0.05, 0.1) is 12.9 Å². The molecule has 0 aromatic carbocycles. The molecule has 0 heterocycles. The largest absolute Gasteiger partial charge is 0.468 e. The van der Waals surface area contributed by atoms with Crippen LogP contribution in [0.15, 0.2) is 0 Å². The second kappa shape index (κ2) is 10.6. The molecule has 0 aromatic rings. The van der Waals surface area contributed by atoms with Gasteiger partial charge in [-0.2, -0.15) is 0 Å². The summed E-state index contributed by atoms with van der Waals surface area (Å²) in [6.45, 7) is 0. The first-order chi connectivity index (χ1) is 9.24. The molecule has 112 valence electrons. The first-order valence-corrected chi connectivity index (χ1v) is 8.73. The van der Waals surface area contributed by atoms with Crippen molar-refractivity contribution in [3.8, 4) is 0 Å². The molecule has 1 fully saturated rings. The molecule has 0 amide bonds. The van der Waals surface area contributed by atoms with Crippen molar-refractivity contribution in [3.63, 3.8) is 0 Å². The summed E-state index contributed by atoms with van der Waals surface area (Å²) < 4.78 is 4.71. The van der Waals surface area contributed by atoms with Gasteiger partial charge in [0.15, 0.2) is 0 Å². The highest BCUT2D eigenvalue weighted by molar-refractivity contribution is 8.00. The molecule has 2 atom stereocenters. The maximum absolute atomic E-state index is 11.3. The Morgan fingerprint density at radius 2 is 1.58 bits per heavy atom. The Morgan fingerprint density at radius 1 is 1.05 bits per heavy atom. The van der Waals surface area contributed by atoms with Gasteiger partial charge in [-0.3, -0.25) is 4.79 Å². The van der Waals surface area contributed by atoms with Gasteiger partial charge in [-0.25, -0.2) is 0 Å². The molecule has 1 saturated carbocycles. The fourth-order valence-corrected chi connectivity index (χ4v) is 3.81. The van der Waals surface area contributed by atoms with Gasteiger partial charge in [-0.05, 0) is 12.8 Å². The third-order valence-electron chi connectivity index (χ3n) is 3.90. The highest BCUT2D eigenvalue weighted by Gasteiger charge is 2.19. The van der Waals surface area contributed by atoms with Crippen molar-refractivity contribution >= 4 is 17.7 Å². The lowest BCUT2D eigenvalue weighted by Gasteiger charge is -2.23. The van der Waals surface area contributed by atoms with E-state index in [1.165, 1.54) is 58.5 Å². The summed E-state index contributed by atoms with van der Waals surface area (Å²) in [5.41, 5.74) is 6.31. The molecule has 4 heteroatoms. The third kappa shape index (κ3) is 7.83. The van der Waals surface area contributed by atoms with Gasteiger partial charge in [-0.1, -0.05) is 51.4 Å². The van der Waals surface area contributed by atoms with E-state index in [1.54, 1.807) is 11.8 Å². The molecular formula is C15H29NO2S. The Hall–Kier alpha value is -0.220. The lowest BCUT2D eigenvalue weighted by molar-refractivity contribution is -0.137. The average Bonchev–Trinajstić information content (AvgIpc) is 2.41. The molecule has 2 N–H and O–H groups in total. The number of rotatable bonds is 3. The minimum Gasteiger partial charge on any atom is -0.468 e. The van der Waals surface area contributed by atoms with Crippen LogP contribution in [0, 0.1) is 0 Å². The van der Waals surface area contributed by atoms with E-state index in [1.807, 2.05) is 0 Å². The van der Waals surface area contributed by atoms with Crippen molar-refractivity contribution in [1.29, 1.82) is 0 Å². The zero-order chi connectivity index (χ0) is 13.9. The Labute approximate surface area is 122 Å². The van der Waals surface area contributed by atoms with Crippen LogP contribution in [0.4, 0.5) is 0 Å². The molecule has 1 rings (SSSR count). The van der Waals surface area contributed by atoms with Gasteiger partial charge < -0.3 is 10.5 Å². The van der Waals surface area contributed by atoms with Crippen molar-refractivity contribution in [2.24, 2.45) is 5.73 Å². The number of carbonyl (C=O) groups is 1. The normalized spacial score (nSPS) is 27.1. The predicted octanol–water partition coefficient (Wildman–Crippen LogP) is 3.50. The Morgan fingerprint density at radius 3 is 2.16 bits per heavy atom. The lowest BCUT2D eigenvalue weighted by atomic mass is 9.98. The molecule has 0 radical (unpaired) electrons. The van der Waals surface area contributed by atoms with Crippen molar-refractivity contribution in [2.45, 2.75) is 75.5 Å². The summed E-state index contributed by atoms with van der Waals surface area (Å²) in [5, 5.41) is 0.415. The number of methoxy groups -OCH3 is 1. The van der Waals surface area contributed by atoms with Gasteiger partial charge in [0, 0.05) is 11.3 Å². The fourth-order valence-electron chi connectivity index (χ4n) is 2.63. The number of ether oxygens (including phenoxy) is 1.